The van der Waals surface area contributed by atoms with E-state index in [0.29, 0.717) is 5.69 Å². The largest absolute Gasteiger partial charge is 0.464 e. The fourth-order valence-corrected chi connectivity index (χ4v) is 3.52. The topological polar surface area (TPSA) is 55.0 Å². The van der Waals surface area contributed by atoms with Crippen LogP contribution in [0.15, 0.2) is 48.5 Å². The van der Waals surface area contributed by atoms with Crippen molar-refractivity contribution in [2.75, 3.05) is 7.11 Å². The van der Waals surface area contributed by atoms with Crippen molar-refractivity contribution >= 4 is 22.4 Å². The Bertz CT molecular complexity index is 952. The highest BCUT2D eigenvalue weighted by Gasteiger charge is 2.18. The molecule has 3 aromatic rings. The number of hydrogen-bond acceptors (Lipinski definition) is 3. The third kappa shape index (κ3) is 2.84. The van der Waals surface area contributed by atoms with Crippen LogP contribution in [0, 0.1) is 0 Å². The van der Waals surface area contributed by atoms with Gasteiger partial charge >= 0.3 is 5.97 Å². The van der Waals surface area contributed by atoms with Crippen molar-refractivity contribution in [1.29, 1.82) is 0 Å². The van der Waals surface area contributed by atoms with Gasteiger partial charge in [0.1, 0.15) is 0 Å². The third-order valence-corrected chi connectivity index (χ3v) is 4.83. The van der Waals surface area contributed by atoms with Crippen LogP contribution in [0.3, 0.4) is 0 Å². The molecule has 1 aliphatic carbocycles. The zero-order valence-corrected chi connectivity index (χ0v) is 14.2. The number of carbonyl (C=O) groups excluding carboxylic acids is 1. The number of fused-ring (bicyclic) bond motifs is 1. The van der Waals surface area contributed by atoms with Gasteiger partial charge in [-0.1, -0.05) is 42.5 Å². The molecule has 0 spiro atoms. The molecule has 1 heterocycles. The average Bonchev–Trinajstić information content (AvgIpc) is 3.12. The number of benzene rings is 2. The molecule has 0 fully saturated rings. The van der Waals surface area contributed by atoms with E-state index in [9.17, 15) is 4.79 Å². The van der Waals surface area contributed by atoms with Crippen LogP contribution in [0.25, 0.3) is 27.6 Å². The van der Waals surface area contributed by atoms with E-state index in [4.69, 9.17) is 4.74 Å². The number of H-pyrrole nitrogens is 1. The zero-order valence-electron chi connectivity index (χ0n) is 14.2. The van der Waals surface area contributed by atoms with E-state index in [-0.39, 0.29) is 0 Å². The first kappa shape index (κ1) is 15.6. The van der Waals surface area contributed by atoms with E-state index in [1.54, 1.807) is 0 Å². The summed E-state index contributed by atoms with van der Waals surface area (Å²) in [4.78, 5) is 12.0. The summed E-state index contributed by atoms with van der Waals surface area (Å²) in [5, 5.41) is 7.86. The van der Waals surface area contributed by atoms with Gasteiger partial charge in [-0.2, -0.15) is 5.10 Å². The van der Waals surface area contributed by atoms with Gasteiger partial charge in [0.15, 0.2) is 5.69 Å². The highest BCUT2D eigenvalue weighted by Crippen LogP contribution is 2.32. The molecule has 0 radical (unpaired) electrons. The number of carbonyl (C=O) groups is 1. The second-order valence-electron chi connectivity index (χ2n) is 6.34. The second-order valence-corrected chi connectivity index (χ2v) is 6.34. The number of allylic oxidation sites excluding steroid dienone is 2. The molecule has 0 unspecified atom stereocenters. The van der Waals surface area contributed by atoms with Crippen molar-refractivity contribution in [3.63, 3.8) is 0 Å². The number of esters is 1. The first-order chi connectivity index (χ1) is 12.3. The van der Waals surface area contributed by atoms with E-state index in [0.717, 1.165) is 28.5 Å². The Morgan fingerprint density at radius 2 is 1.88 bits per heavy atom. The number of ether oxygens (including phenoxy) is 1. The summed E-state index contributed by atoms with van der Waals surface area (Å²) >= 11 is 0. The monoisotopic (exact) mass is 332 g/mol. The quantitative estimate of drug-likeness (QED) is 0.689. The summed E-state index contributed by atoms with van der Waals surface area (Å²) in [5.74, 6) is -0.428. The molecule has 4 nitrogen and oxygen atoms in total. The van der Waals surface area contributed by atoms with Gasteiger partial charge in [-0.25, -0.2) is 4.79 Å². The lowest BCUT2D eigenvalue weighted by Gasteiger charge is -2.13. The van der Waals surface area contributed by atoms with Crippen LogP contribution in [-0.4, -0.2) is 23.3 Å². The van der Waals surface area contributed by atoms with Gasteiger partial charge in [0.2, 0.25) is 0 Å². The lowest BCUT2D eigenvalue weighted by molar-refractivity contribution is 0.0596. The van der Waals surface area contributed by atoms with Crippen molar-refractivity contribution in [3.05, 3.63) is 59.8 Å². The lowest BCUT2D eigenvalue weighted by Crippen LogP contribution is -2.02. The standard InChI is InChI=1S/C21H20N2O2/c1-25-21(24)20-19-17(8-5-9-18(19)22-23-20)16-12-10-15(11-13-16)14-6-3-2-4-7-14/h5-6,8-13H,2-4,7H2,1H3,(H,22,23). The number of nitrogens with one attached hydrogen (secondary N) is 1. The Kier molecular flexibility index (Phi) is 4.10. The van der Waals surface area contributed by atoms with Crippen LogP contribution < -0.4 is 0 Å². The van der Waals surface area contributed by atoms with Gasteiger partial charge in [-0.05, 0) is 54.0 Å². The highest BCUT2D eigenvalue weighted by molar-refractivity contribution is 6.08. The van der Waals surface area contributed by atoms with E-state index < -0.39 is 5.97 Å². The number of hydrogen-bond donors (Lipinski definition) is 1. The second kappa shape index (κ2) is 6.55. The minimum Gasteiger partial charge on any atom is -0.464 e. The molecule has 0 amide bonds. The third-order valence-electron chi connectivity index (χ3n) is 4.83. The van der Waals surface area contributed by atoms with Crippen LogP contribution in [0.4, 0.5) is 0 Å². The highest BCUT2D eigenvalue weighted by atomic mass is 16.5. The van der Waals surface area contributed by atoms with E-state index >= 15 is 0 Å². The van der Waals surface area contributed by atoms with Crippen LogP contribution in [0.2, 0.25) is 0 Å². The number of aromatic nitrogens is 2. The molecule has 1 aromatic heterocycles. The molecular weight excluding hydrogens is 312 g/mol. The normalized spacial score (nSPS) is 14.4. The maximum atomic E-state index is 12.0. The zero-order chi connectivity index (χ0) is 17.2. The van der Waals surface area contributed by atoms with Gasteiger partial charge in [0.25, 0.3) is 0 Å². The molecule has 0 saturated carbocycles. The summed E-state index contributed by atoms with van der Waals surface area (Å²) in [7, 11) is 1.37. The van der Waals surface area contributed by atoms with Crippen LogP contribution in [-0.2, 0) is 4.74 Å². The van der Waals surface area contributed by atoms with E-state index in [1.165, 1.54) is 37.5 Å². The van der Waals surface area contributed by atoms with Crippen molar-refractivity contribution < 1.29 is 9.53 Å². The Balaban J connectivity index is 1.78. The maximum Gasteiger partial charge on any atom is 0.359 e. The minimum atomic E-state index is -0.428. The van der Waals surface area contributed by atoms with Crippen molar-refractivity contribution in [3.8, 4) is 11.1 Å². The smallest absolute Gasteiger partial charge is 0.359 e. The molecule has 1 aliphatic rings. The fraction of sp³-hybridized carbons (Fsp3) is 0.238. The molecule has 25 heavy (non-hydrogen) atoms. The predicted molar refractivity (Wildman–Crippen MR) is 99.3 cm³/mol. The van der Waals surface area contributed by atoms with Gasteiger partial charge < -0.3 is 4.74 Å². The molecule has 1 N–H and O–H groups in total. The Morgan fingerprint density at radius 3 is 2.60 bits per heavy atom. The molecule has 0 aliphatic heterocycles. The predicted octanol–water partition coefficient (Wildman–Crippen LogP) is 4.97. The van der Waals surface area contributed by atoms with Gasteiger partial charge in [0.05, 0.1) is 12.6 Å². The first-order valence-corrected chi connectivity index (χ1v) is 8.63. The number of nitrogens with zero attached hydrogens (tertiary/aromatic N) is 1. The minimum absolute atomic E-state index is 0.326. The van der Waals surface area contributed by atoms with Crippen molar-refractivity contribution in [1.82, 2.24) is 10.2 Å². The molecule has 0 bridgehead atoms. The molecule has 2 aromatic carbocycles. The van der Waals surface area contributed by atoms with Crippen molar-refractivity contribution in [2.24, 2.45) is 0 Å². The van der Waals surface area contributed by atoms with Gasteiger partial charge in [-0.15, -0.1) is 0 Å². The summed E-state index contributed by atoms with van der Waals surface area (Å²) in [6.07, 6.45) is 7.24. The molecule has 0 saturated heterocycles. The van der Waals surface area contributed by atoms with Crippen LogP contribution in [0.5, 0.6) is 0 Å². The van der Waals surface area contributed by atoms with Gasteiger partial charge in [0, 0.05) is 5.39 Å². The van der Waals surface area contributed by atoms with E-state index in [2.05, 4.69) is 40.5 Å². The van der Waals surface area contributed by atoms with Gasteiger partial charge in [-0.3, -0.25) is 5.10 Å². The Labute approximate surface area is 146 Å². The molecule has 4 rings (SSSR count). The molecule has 0 atom stereocenters. The van der Waals surface area contributed by atoms with E-state index in [1.807, 2.05) is 18.2 Å². The Morgan fingerprint density at radius 1 is 1.08 bits per heavy atom. The summed E-state index contributed by atoms with van der Waals surface area (Å²) in [6, 6.07) is 14.5. The summed E-state index contributed by atoms with van der Waals surface area (Å²) < 4.78 is 4.86. The lowest BCUT2D eigenvalue weighted by atomic mass is 9.92. The van der Waals surface area contributed by atoms with Crippen LogP contribution >= 0.6 is 0 Å². The first-order valence-electron chi connectivity index (χ1n) is 8.63. The van der Waals surface area contributed by atoms with Crippen LogP contribution in [0.1, 0.15) is 41.7 Å². The SMILES string of the molecule is COC(=O)c1n[nH]c2cccc(-c3ccc(C4=CCCCC4)cc3)c12. The molecular formula is C21H20N2O2. The molecule has 4 heteroatoms. The Hall–Kier alpha value is -2.88. The molecule has 126 valence electrons. The average molecular weight is 332 g/mol. The number of methoxy groups -OCH3 is 1. The fourth-order valence-electron chi connectivity index (χ4n) is 3.52. The maximum absolute atomic E-state index is 12.0. The number of rotatable bonds is 3. The van der Waals surface area contributed by atoms with Crippen molar-refractivity contribution in [2.45, 2.75) is 25.7 Å². The number of aromatic amines is 1. The summed E-state index contributed by atoms with van der Waals surface area (Å²) in [6.45, 7) is 0. The summed E-state index contributed by atoms with van der Waals surface area (Å²) in [5.41, 5.74) is 5.93.